The molecule has 1 saturated heterocycles. The molecule has 4 nitrogen and oxygen atoms in total. The van der Waals surface area contributed by atoms with Crippen molar-refractivity contribution in [2.75, 3.05) is 13.7 Å². The summed E-state index contributed by atoms with van der Waals surface area (Å²) in [5.41, 5.74) is 0.417. The predicted molar refractivity (Wildman–Crippen MR) is 73.3 cm³/mol. The van der Waals surface area contributed by atoms with Crippen LogP contribution in [-0.2, 0) is 0 Å². The van der Waals surface area contributed by atoms with Gasteiger partial charge in [-0.25, -0.2) is 4.39 Å². The molecule has 1 fully saturated rings. The van der Waals surface area contributed by atoms with Gasteiger partial charge in [0.1, 0.15) is 0 Å². The van der Waals surface area contributed by atoms with Crippen LogP contribution in [0.15, 0.2) is 18.2 Å². The number of carbonyl (C=O) groups excluding carboxylic acids is 1. The lowest BCUT2D eigenvalue weighted by Crippen LogP contribution is -2.37. The number of nitrogens with zero attached hydrogens (tertiary/aromatic N) is 1. The fourth-order valence-electron chi connectivity index (χ4n) is 2.70. The SMILES string of the molecule is COc1cc(C(=O)N2CCCC2CC(C)O)ccc1F. The molecule has 2 rings (SSSR count). The van der Waals surface area contributed by atoms with Crippen molar-refractivity contribution in [1.29, 1.82) is 0 Å². The summed E-state index contributed by atoms with van der Waals surface area (Å²) in [5, 5.41) is 9.49. The highest BCUT2D eigenvalue weighted by Crippen LogP contribution is 2.25. The van der Waals surface area contributed by atoms with Crippen molar-refractivity contribution in [3.8, 4) is 5.75 Å². The Morgan fingerprint density at radius 3 is 3.00 bits per heavy atom. The number of methoxy groups -OCH3 is 1. The molecule has 1 aliphatic rings. The minimum Gasteiger partial charge on any atom is -0.494 e. The third-order valence-electron chi connectivity index (χ3n) is 3.65. The van der Waals surface area contributed by atoms with Gasteiger partial charge >= 0.3 is 0 Å². The summed E-state index contributed by atoms with van der Waals surface area (Å²) in [6.07, 6.45) is 1.97. The summed E-state index contributed by atoms with van der Waals surface area (Å²) >= 11 is 0. The first-order valence-corrected chi connectivity index (χ1v) is 6.85. The first kappa shape index (κ1) is 14.8. The lowest BCUT2D eigenvalue weighted by molar-refractivity contribution is 0.0681. The maximum atomic E-state index is 13.4. The lowest BCUT2D eigenvalue weighted by Gasteiger charge is -2.26. The summed E-state index contributed by atoms with van der Waals surface area (Å²) in [4.78, 5) is 14.2. The van der Waals surface area contributed by atoms with Crippen molar-refractivity contribution in [1.82, 2.24) is 4.90 Å². The first-order valence-electron chi connectivity index (χ1n) is 6.85. The zero-order valence-electron chi connectivity index (χ0n) is 11.8. The van der Waals surface area contributed by atoms with Gasteiger partial charge in [0.15, 0.2) is 11.6 Å². The van der Waals surface area contributed by atoms with E-state index in [4.69, 9.17) is 4.74 Å². The van der Waals surface area contributed by atoms with E-state index in [0.717, 1.165) is 12.8 Å². The Kier molecular flexibility index (Phi) is 4.60. The van der Waals surface area contributed by atoms with Crippen LogP contribution in [-0.4, -0.2) is 41.7 Å². The van der Waals surface area contributed by atoms with Crippen LogP contribution in [0, 0.1) is 5.82 Å². The third-order valence-corrected chi connectivity index (χ3v) is 3.65. The van der Waals surface area contributed by atoms with E-state index in [1.807, 2.05) is 0 Å². The number of halogens is 1. The van der Waals surface area contributed by atoms with Crippen LogP contribution in [0.25, 0.3) is 0 Å². The Morgan fingerprint density at radius 2 is 2.35 bits per heavy atom. The third kappa shape index (κ3) is 3.10. The molecule has 110 valence electrons. The molecular weight excluding hydrogens is 261 g/mol. The number of aliphatic hydroxyl groups is 1. The molecular formula is C15H20FNO3. The van der Waals surface area contributed by atoms with Gasteiger partial charge in [-0.2, -0.15) is 0 Å². The highest BCUT2D eigenvalue weighted by molar-refractivity contribution is 5.95. The van der Waals surface area contributed by atoms with Crippen molar-refractivity contribution in [2.24, 2.45) is 0 Å². The van der Waals surface area contributed by atoms with Gasteiger partial charge in [-0.05, 0) is 44.4 Å². The molecule has 2 atom stereocenters. The van der Waals surface area contributed by atoms with Crippen molar-refractivity contribution >= 4 is 5.91 Å². The van der Waals surface area contributed by atoms with Crippen molar-refractivity contribution < 1.29 is 19.0 Å². The molecule has 5 heteroatoms. The molecule has 1 aliphatic heterocycles. The zero-order chi connectivity index (χ0) is 14.7. The number of hydrogen-bond acceptors (Lipinski definition) is 3. The molecule has 0 saturated carbocycles. The molecule has 0 aliphatic carbocycles. The van der Waals surface area contributed by atoms with Crippen LogP contribution < -0.4 is 4.74 Å². The quantitative estimate of drug-likeness (QED) is 0.920. The minimum absolute atomic E-state index is 0.0542. The monoisotopic (exact) mass is 281 g/mol. The van der Waals surface area contributed by atoms with Gasteiger partial charge in [-0.1, -0.05) is 0 Å². The highest BCUT2D eigenvalue weighted by Gasteiger charge is 2.30. The van der Waals surface area contributed by atoms with E-state index in [2.05, 4.69) is 0 Å². The first-order chi connectivity index (χ1) is 9.52. The second kappa shape index (κ2) is 6.22. The van der Waals surface area contributed by atoms with Gasteiger partial charge in [0.2, 0.25) is 0 Å². The van der Waals surface area contributed by atoms with Gasteiger partial charge in [0.05, 0.1) is 13.2 Å². The summed E-state index contributed by atoms with van der Waals surface area (Å²) in [7, 11) is 1.37. The van der Waals surface area contributed by atoms with E-state index in [9.17, 15) is 14.3 Å². The van der Waals surface area contributed by atoms with E-state index >= 15 is 0 Å². The zero-order valence-corrected chi connectivity index (χ0v) is 11.8. The second-order valence-electron chi connectivity index (χ2n) is 5.23. The van der Waals surface area contributed by atoms with E-state index in [0.29, 0.717) is 18.5 Å². The molecule has 1 aromatic carbocycles. The molecule has 0 radical (unpaired) electrons. The van der Waals surface area contributed by atoms with Crippen LogP contribution in [0.3, 0.4) is 0 Å². The number of likely N-dealkylation sites (tertiary alicyclic amines) is 1. The number of amides is 1. The Labute approximate surface area is 118 Å². The molecule has 2 unspecified atom stereocenters. The van der Waals surface area contributed by atoms with E-state index < -0.39 is 11.9 Å². The van der Waals surface area contributed by atoms with Crippen LogP contribution in [0.5, 0.6) is 5.75 Å². The molecule has 20 heavy (non-hydrogen) atoms. The number of carbonyl (C=O) groups is 1. The molecule has 1 N–H and O–H groups in total. The fourth-order valence-corrected chi connectivity index (χ4v) is 2.70. The van der Waals surface area contributed by atoms with E-state index in [-0.39, 0.29) is 17.7 Å². The Hall–Kier alpha value is -1.62. The largest absolute Gasteiger partial charge is 0.494 e. The highest BCUT2D eigenvalue weighted by atomic mass is 19.1. The number of benzene rings is 1. The number of ether oxygens (including phenoxy) is 1. The molecule has 1 aromatic rings. The summed E-state index contributed by atoms with van der Waals surface area (Å²) in [6, 6.07) is 4.19. The summed E-state index contributed by atoms with van der Waals surface area (Å²) in [5.74, 6) is -0.542. The van der Waals surface area contributed by atoms with Gasteiger partial charge in [0, 0.05) is 18.2 Å². The Morgan fingerprint density at radius 1 is 1.60 bits per heavy atom. The van der Waals surface area contributed by atoms with E-state index in [1.165, 1.54) is 25.3 Å². The van der Waals surface area contributed by atoms with Crippen molar-refractivity contribution in [3.63, 3.8) is 0 Å². The van der Waals surface area contributed by atoms with Crippen LogP contribution in [0.4, 0.5) is 4.39 Å². The standard InChI is InChI=1S/C15H20FNO3/c1-10(18)8-12-4-3-7-17(12)15(19)11-5-6-13(16)14(9-11)20-2/h5-6,9-10,12,18H,3-4,7-8H2,1-2H3. The van der Waals surface area contributed by atoms with Crippen LogP contribution in [0.2, 0.25) is 0 Å². The second-order valence-corrected chi connectivity index (χ2v) is 5.23. The topological polar surface area (TPSA) is 49.8 Å². The predicted octanol–water partition coefficient (Wildman–Crippen LogP) is 2.21. The number of rotatable bonds is 4. The average Bonchev–Trinajstić information content (AvgIpc) is 2.85. The Balaban J connectivity index is 2.18. The van der Waals surface area contributed by atoms with Gasteiger partial charge in [0.25, 0.3) is 5.91 Å². The van der Waals surface area contributed by atoms with Gasteiger partial charge < -0.3 is 14.7 Å². The van der Waals surface area contributed by atoms with E-state index in [1.54, 1.807) is 11.8 Å². The number of hydrogen-bond donors (Lipinski definition) is 1. The smallest absolute Gasteiger partial charge is 0.254 e. The Bertz CT molecular complexity index is 490. The molecule has 1 heterocycles. The molecule has 0 aromatic heterocycles. The minimum atomic E-state index is -0.481. The summed E-state index contributed by atoms with van der Waals surface area (Å²) < 4.78 is 18.3. The molecule has 0 bridgehead atoms. The van der Waals surface area contributed by atoms with Crippen molar-refractivity contribution in [2.45, 2.75) is 38.3 Å². The van der Waals surface area contributed by atoms with Crippen LogP contribution in [0.1, 0.15) is 36.5 Å². The van der Waals surface area contributed by atoms with Crippen molar-refractivity contribution in [3.05, 3.63) is 29.6 Å². The van der Waals surface area contributed by atoms with Crippen LogP contribution >= 0.6 is 0 Å². The number of aliphatic hydroxyl groups excluding tert-OH is 1. The fraction of sp³-hybridized carbons (Fsp3) is 0.533. The maximum Gasteiger partial charge on any atom is 0.254 e. The maximum absolute atomic E-state index is 13.4. The average molecular weight is 281 g/mol. The normalized spacial score (nSPS) is 20.0. The molecule has 1 amide bonds. The summed E-state index contributed by atoms with van der Waals surface area (Å²) in [6.45, 7) is 2.40. The lowest BCUT2D eigenvalue weighted by atomic mass is 10.1. The van der Waals surface area contributed by atoms with Gasteiger partial charge in [-0.3, -0.25) is 4.79 Å². The molecule has 0 spiro atoms. The van der Waals surface area contributed by atoms with Gasteiger partial charge in [-0.15, -0.1) is 0 Å².